The number of hydrogen-bond acceptors (Lipinski definition) is 4. The maximum Gasteiger partial charge on any atom is 0.324 e. The monoisotopic (exact) mass is 494 g/mol. The van der Waals surface area contributed by atoms with E-state index in [9.17, 15) is 18.9 Å². The second-order valence-corrected chi connectivity index (χ2v) is 9.74. The fraction of sp³-hybridized carbons (Fsp3) is 0.286. The Labute approximate surface area is 196 Å². The minimum absolute atomic E-state index is 0.125. The van der Waals surface area contributed by atoms with Gasteiger partial charge in [-0.2, -0.15) is 5.10 Å². The van der Waals surface area contributed by atoms with Gasteiger partial charge in [0.15, 0.2) is 16.7 Å². The molecular weight excluding hydrogens is 475 g/mol. The average molecular weight is 495 g/mol. The fourth-order valence-corrected chi connectivity index (χ4v) is 5.65. The maximum atomic E-state index is 13.3. The molecule has 1 aromatic heterocycles. The van der Waals surface area contributed by atoms with E-state index in [-0.39, 0.29) is 10.8 Å². The Morgan fingerprint density at radius 1 is 1.12 bits per heavy atom. The predicted octanol–water partition coefficient (Wildman–Crippen LogP) is 3.73. The highest BCUT2D eigenvalue weighted by Crippen LogP contribution is 2.29. The molecule has 1 aliphatic rings. The van der Waals surface area contributed by atoms with Crippen molar-refractivity contribution in [3.05, 3.63) is 52.1 Å². The molecule has 8 nitrogen and oxygen atoms in total. The van der Waals surface area contributed by atoms with Crippen molar-refractivity contribution in [1.29, 1.82) is 0 Å². The van der Waals surface area contributed by atoms with Crippen LogP contribution in [0.25, 0.3) is 10.9 Å². The smallest absolute Gasteiger partial charge is 0.324 e. The van der Waals surface area contributed by atoms with E-state index >= 15 is 0 Å². The maximum absolute atomic E-state index is 13.3. The van der Waals surface area contributed by atoms with Gasteiger partial charge in [0.2, 0.25) is 0 Å². The van der Waals surface area contributed by atoms with Crippen molar-refractivity contribution in [3.63, 3.8) is 0 Å². The van der Waals surface area contributed by atoms with Crippen LogP contribution in [-0.4, -0.2) is 55.5 Å². The van der Waals surface area contributed by atoms with Gasteiger partial charge in [0.05, 0.1) is 16.1 Å². The minimum Gasteiger partial charge on any atom is -0.480 e. The van der Waals surface area contributed by atoms with Crippen LogP contribution in [0.5, 0.6) is 0 Å². The molecular formula is C21H20Cl2N4O4S. The van der Waals surface area contributed by atoms with Crippen molar-refractivity contribution >= 4 is 62.7 Å². The molecule has 0 bridgehead atoms. The SMILES string of the molecule is Cn1nc(C(=O)N2CCCC2)c2ccc(N(CC(=O)O)S(=O)c3cc(Cl)cc(Cl)c3)cc21. The molecule has 1 aliphatic heterocycles. The van der Waals surface area contributed by atoms with Crippen molar-refractivity contribution in [1.82, 2.24) is 14.7 Å². The summed E-state index contributed by atoms with van der Waals surface area (Å²) in [5.41, 5.74) is 1.38. The number of fused-ring (bicyclic) bond motifs is 1. The Kier molecular flexibility index (Phi) is 6.41. The summed E-state index contributed by atoms with van der Waals surface area (Å²) in [5, 5.41) is 15.1. The molecule has 1 unspecified atom stereocenters. The molecule has 1 atom stereocenters. The Hall–Kier alpha value is -2.62. The lowest BCUT2D eigenvalue weighted by atomic mass is 10.1. The van der Waals surface area contributed by atoms with Crippen molar-refractivity contribution < 1.29 is 18.9 Å². The van der Waals surface area contributed by atoms with Crippen LogP contribution in [0, 0.1) is 0 Å². The third-order valence-corrected chi connectivity index (χ3v) is 7.05. The normalized spacial score (nSPS) is 14.7. The molecule has 1 amide bonds. The summed E-state index contributed by atoms with van der Waals surface area (Å²) < 4.78 is 16.1. The summed E-state index contributed by atoms with van der Waals surface area (Å²) in [6.45, 7) is 0.908. The number of carboxylic acid groups (broad SMARTS) is 1. The lowest BCUT2D eigenvalue weighted by molar-refractivity contribution is -0.135. The van der Waals surface area contributed by atoms with Gasteiger partial charge in [0, 0.05) is 35.6 Å². The number of likely N-dealkylation sites (tertiary alicyclic amines) is 1. The van der Waals surface area contributed by atoms with Gasteiger partial charge in [0.1, 0.15) is 6.54 Å². The zero-order chi connectivity index (χ0) is 23.0. The first-order valence-electron chi connectivity index (χ1n) is 9.88. The fourth-order valence-electron chi connectivity index (χ4n) is 3.75. The molecule has 0 saturated carbocycles. The topological polar surface area (TPSA) is 95.7 Å². The van der Waals surface area contributed by atoms with Gasteiger partial charge in [-0.1, -0.05) is 23.2 Å². The third-order valence-electron chi connectivity index (χ3n) is 5.24. The number of benzene rings is 2. The summed E-state index contributed by atoms with van der Waals surface area (Å²) in [4.78, 5) is 26.5. The molecule has 168 valence electrons. The Morgan fingerprint density at radius 2 is 1.78 bits per heavy atom. The first-order valence-corrected chi connectivity index (χ1v) is 11.7. The summed E-state index contributed by atoms with van der Waals surface area (Å²) in [6, 6.07) is 9.49. The van der Waals surface area contributed by atoms with E-state index in [0.717, 1.165) is 12.8 Å². The number of aliphatic carboxylic acids is 1. The molecule has 2 heterocycles. The first kappa shape index (κ1) is 22.6. The van der Waals surface area contributed by atoms with Crippen LogP contribution in [0.1, 0.15) is 23.3 Å². The van der Waals surface area contributed by atoms with Gasteiger partial charge in [-0.05, 0) is 49.2 Å². The number of carboxylic acids is 1. The van der Waals surface area contributed by atoms with E-state index in [0.29, 0.717) is 45.4 Å². The minimum atomic E-state index is -1.89. The van der Waals surface area contributed by atoms with E-state index in [4.69, 9.17) is 23.2 Å². The standard InChI is InChI=1S/C21H20Cl2N4O4S/c1-25-18-11-15(4-5-17(18)20(24-25)21(30)26-6-2-3-7-26)27(12-19(28)29)32(31)16-9-13(22)8-14(23)10-16/h4-5,8-11H,2-3,6-7,12H2,1H3,(H,28,29). The molecule has 2 aromatic carbocycles. The van der Waals surface area contributed by atoms with Gasteiger partial charge in [-0.3, -0.25) is 18.6 Å². The number of rotatable bonds is 6. The average Bonchev–Trinajstić information content (AvgIpc) is 3.39. The molecule has 1 fully saturated rings. The van der Waals surface area contributed by atoms with Crippen LogP contribution in [0.4, 0.5) is 5.69 Å². The van der Waals surface area contributed by atoms with E-state index in [2.05, 4.69) is 5.10 Å². The molecule has 32 heavy (non-hydrogen) atoms. The predicted molar refractivity (Wildman–Crippen MR) is 124 cm³/mol. The summed E-state index contributed by atoms with van der Waals surface area (Å²) in [6.07, 6.45) is 1.95. The molecule has 1 saturated heterocycles. The van der Waals surface area contributed by atoms with Gasteiger partial charge >= 0.3 is 5.97 Å². The third kappa shape index (κ3) is 4.46. The quantitative estimate of drug-likeness (QED) is 0.563. The number of carbonyl (C=O) groups excluding carboxylic acids is 1. The summed E-state index contributed by atoms with van der Waals surface area (Å²) in [7, 11) is -0.178. The molecule has 0 aliphatic carbocycles. The van der Waals surface area contributed by atoms with Gasteiger partial charge in [0.25, 0.3) is 5.91 Å². The van der Waals surface area contributed by atoms with Gasteiger partial charge < -0.3 is 10.0 Å². The number of halogens is 2. The van der Waals surface area contributed by atoms with Crippen molar-refractivity contribution in [2.75, 3.05) is 23.9 Å². The van der Waals surface area contributed by atoms with Crippen molar-refractivity contribution in [2.24, 2.45) is 7.05 Å². The number of aromatic nitrogens is 2. The molecule has 0 spiro atoms. The molecule has 0 radical (unpaired) electrons. The summed E-state index contributed by atoms with van der Waals surface area (Å²) >= 11 is 12.1. The van der Waals surface area contributed by atoms with E-state index in [1.165, 1.54) is 22.5 Å². The van der Waals surface area contributed by atoms with Crippen LogP contribution in [0.15, 0.2) is 41.3 Å². The Balaban J connectivity index is 1.74. The zero-order valence-corrected chi connectivity index (χ0v) is 19.5. The molecule has 11 heteroatoms. The molecule has 3 aromatic rings. The molecule has 4 rings (SSSR count). The number of nitrogens with zero attached hydrogens (tertiary/aromatic N) is 4. The highest BCUT2D eigenvalue weighted by atomic mass is 35.5. The van der Waals surface area contributed by atoms with Gasteiger partial charge in [-0.25, -0.2) is 4.21 Å². The lowest BCUT2D eigenvalue weighted by Crippen LogP contribution is -2.31. The Morgan fingerprint density at radius 3 is 2.41 bits per heavy atom. The van der Waals surface area contributed by atoms with Crippen molar-refractivity contribution in [3.8, 4) is 0 Å². The largest absolute Gasteiger partial charge is 0.480 e. The first-order chi connectivity index (χ1) is 15.2. The van der Waals surface area contributed by atoms with Crippen LogP contribution in [0.2, 0.25) is 10.0 Å². The number of hydrogen-bond donors (Lipinski definition) is 1. The second kappa shape index (κ2) is 9.09. The highest BCUT2D eigenvalue weighted by Gasteiger charge is 2.26. The van der Waals surface area contributed by atoms with Crippen LogP contribution in [-0.2, 0) is 22.8 Å². The van der Waals surface area contributed by atoms with E-state index in [1.54, 1.807) is 34.8 Å². The van der Waals surface area contributed by atoms with E-state index in [1.807, 2.05) is 0 Å². The number of carbonyl (C=O) groups is 2. The number of amides is 1. The number of aryl methyl sites for hydroxylation is 1. The van der Waals surface area contributed by atoms with Crippen LogP contribution in [0.3, 0.4) is 0 Å². The van der Waals surface area contributed by atoms with Crippen LogP contribution >= 0.6 is 23.2 Å². The van der Waals surface area contributed by atoms with E-state index < -0.39 is 23.5 Å². The number of anilines is 1. The molecule has 1 N–H and O–H groups in total. The highest BCUT2D eigenvalue weighted by molar-refractivity contribution is 7.86. The Bertz CT molecular complexity index is 1220. The van der Waals surface area contributed by atoms with Gasteiger partial charge in [-0.15, -0.1) is 0 Å². The zero-order valence-electron chi connectivity index (χ0n) is 17.1. The van der Waals surface area contributed by atoms with Crippen molar-refractivity contribution in [2.45, 2.75) is 17.7 Å². The second-order valence-electron chi connectivity index (χ2n) is 7.46. The van der Waals surface area contributed by atoms with Crippen LogP contribution < -0.4 is 4.31 Å². The lowest BCUT2D eigenvalue weighted by Gasteiger charge is -2.22. The summed E-state index contributed by atoms with van der Waals surface area (Å²) in [5.74, 6) is -1.28.